The standard InChI is InChI=1S/C16H22N6O6S3/c1-4-27-15(24)17-14-18-19-16(30-14)29-9-12(23)21-5-7-22(8-6-21)31(25,26)13-10(2)20-28-11(13)3/h4-9H2,1-3H3,(H,17,18,24). The minimum Gasteiger partial charge on any atom is -0.450 e. The van der Waals surface area contributed by atoms with Crippen molar-refractivity contribution >= 4 is 50.3 Å². The van der Waals surface area contributed by atoms with Gasteiger partial charge in [0, 0.05) is 26.2 Å². The third-order valence-electron chi connectivity index (χ3n) is 4.37. The Morgan fingerprint density at radius 1 is 1.23 bits per heavy atom. The quantitative estimate of drug-likeness (QED) is 0.445. The van der Waals surface area contributed by atoms with E-state index in [0.29, 0.717) is 10.0 Å². The predicted molar refractivity (Wildman–Crippen MR) is 113 cm³/mol. The van der Waals surface area contributed by atoms with E-state index in [1.54, 1.807) is 25.7 Å². The zero-order chi connectivity index (χ0) is 22.6. The van der Waals surface area contributed by atoms with Gasteiger partial charge in [-0.1, -0.05) is 28.3 Å². The lowest BCUT2D eigenvalue weighted by atomic mass is 10.3. The summed E-state index contributed by atoms with van der Waals surface area (Å²) in [5, 5.41) is 14.2. The Labute approximate surface area is 187 Å². The van der Waals surface area contributed by atoms with E-state index in [-0.39, 0.29) is 60.2 Å². The molecule has 31 heavy (non-hydrogen) atoms. The monoisotopic (exact) mass is 490 g/mol. The summed E-state index contributed by atoms with van der Waals surface area (Å²) in [6.07, 6.45) is -0.615. The molecule has 1 aliphatic rings. The van der Waals surface area contributed by atoms with E-state index in [0.717, 1.165) is 11.3 Å². The summed E-state index contributed by atoms with van der Waals surface area (Å²) < 4.78 is 37.3. The molecule has 170 valence electrons. The van der Waals surface area contributed by atoms with E-state index >= 15 is 0 Å². The van der Waals surface area contributed by atoms with Gasteiger partial charge in [-0.15, -0.1) is 10.2 Å². The van der Waals surface area contributed by atoms with E-state index in [4.69, 9.17) is 9.26 Å². The lowest BCUT2D eigenvalue weighted by molar-refractivity contribution is -0.129. The van der Waals surface area contributed by atoms with Gasteiger partial charge in [0.25, 0.3) is 0 Å². The van der Waals surface area contributed by atoms with Crippen molar-refractivity contribution in [3.8, 4) is 0 Å². The molecule has 0 aromatic carbocycles. The van der Waals surface area contributed by atoms with Crippen LogP contribution < -0.4 is 5.32 Å². The van der Waals surface area contributed by atoms with Crippen LogP contribution in [0.4, 0.5) is 9.93 Å². The first-order chi connectivity index (χ1) is 14.7. The molecule has 0 aliphatic carbocycles. The summed E-state index contributed by atoms with van der Waals surface area (Å²) in [6, 6.07) is 0. The van der Waals surface area contributed by atoms with Gasteiger partial charge in [-0.2, -0.15) is 4.31 Å². The van der Waals surface area contributed by atoms with E-state index in [1.165, 1.54) is 16.1 Å². The molecule has 2 amide bonds. The van der Waals surface area contributed by atoms with Crippen LogP contribution in [0.3, 0.4) is 0 Å². The van der Waals surface area contributed by atoms with Crippen LogP contribution >= 0.6 is 23.1 Å². The fourth-order valence-electron chi connectivity index (χ4n) is 2.94. The van der Waals surface area contributed by atoms with Crippen molar-refractivity contribution in [2.75, 3.05) is 43.9 Å². The van der Waals surface area contributed by atoms with Gasteiger partial charge >= 0.3 is 6.09 Å². The van der Waals surface area contributed by atoms with Crippen molar-refractivity contribution in [3.63, 3.8) is 0 Å². The molecule has 1 fully saturated rings. The SMILES string of the molecule is CCOC(=O)Nc1nnc(SCC(=O)N2CCN(S(=O)(=O)c3c(C)noc3C)CC2)s1. The molecule has 2 aromatic heterocycles. The van der Waals surface area contributed by atoms with Crippen molar-refractivity contribution in [2.45, 2.75) is 30.0 Å². The Hall–Kier alpha value is -2.23. The summed E-state index contributed by atoms with van der Waals surface area (Å²) >= 11 is 2.34. The molecule has 0 atom stereocenters. The van der Waals surface area contributed by atoms with Crippen LogP contribution in [0.15, 0.2) is 13.8 Å². The number of nitrogens with zero attached hydrogens (tertiary/aromatic N) is 5. The Bertz CT molecular complexity index is 1020. The number of hydrogen-bond donors (Lipinski definition) is 1. The summed E-state index contributed by atoms with van der Waals surface area (Å²) in [5.41, 5.74) is 0.321. The number of hydrogen-bond acceptors (Lipinski definition) is 11. The van der Waals surface area contributed by atoms with Crippen molar-refractivity contribution in [1.29, 1.82) is 0 Å². The minimum absolute atomic E-state index is 0.0892. The molecule has 0 spiro atoms. The highest BCUT2D eigenvalue weighted by atomic mass is 32.2. The molecule has 15 heteroatoms. The topological polar surface area (TPSA) is 148 Å². The third-order valence-corrected chi connectivity index (χ3v) is 8.47. The number of anilines is 1. The van der Waals surface area contributed by atoms with Gasteiger partial charge in [0.1, 0.15) is 10.6 Å². The molecule has 1 aliphatic heterocycles. The first-order valence-electron chi connectivity index (χ1n) is 9.33. The molecule has 3 rings (SSSR count). The van der Waals surface area contributed by atoms with Crippen LogP contribution in [0, 0.1) is 13.8 Å². The second kappa shape index (κ2) is 9.93. The van der Waals surface area contributed by atoms with Gasteiger partial charge in [0.2, 0.25) is 21.1 Å². The molecule has 0 unspecified atom stereocenters. The number of nitrogens with one attached hydrogen (secondary N) is 1. The predicted octanol–water partition coefficient (Wildman–Crippen LogP) is 1.34. The fourth-order valence-corrected chi connectivity index (χ4v) is 6.29. The number of ether oxygens (including phenoxy) is 1. The highest BCUT2D eigenvalue weighted by Gasteiger charge is 2.34. The zero-order valence-corrected chi connectivity index (χ0v) is 19.6. The van der Waals surface area contributed by atoms with Gasteiger partial charge in [0.05, 0.1) is 12.4 Å². The highest BCUT2D eigenvalue weighted by molar-refractivity contribution is 8.01. The first-order valence-corrected chi connectivity index (χ1v) is 12.6. The van der Waals surface area contributed by atoms with Crippen molar-refractivity contribution < 1.29 is 27.3 Å². The summed E-state index contributed by atoms with van der Waals surface area (Å²) in [5.74, 6) is 0.251. The lowest BCUT2D eigenvalue weighted by Gasteiger charge is -2.33. The molecule has 3 heterocycles. The number of aromatic nitrogens is 3. The van der Waals surface area contributed by atoms with E-state index in [9.17, 15) is 18.0 Å². The van der Waals surface area contributed by atoms with Gasteiger partial charge in [-0.25, -0.2) is 13.2 Å². The number of rotatable bonds is 7. The van der Waals surface area contributed by atoms with E-state index < -0.39 is 16.1 Å². The number of carbonyl (C=O) groups excluding carboxylic acids is 2. The minimum atomic E-state index is -3.72. The van der Waals surface area contributed by atoms with Crippen LogP contribution in [0.5, 0.6) is 0 Å². The molecule has 0 saturated carbocycles. The molecule has 2 aromatic rings. The number of carbonyl (C=O) groups is 2. The van der Waals surface area contributed by atoms with Gasteiger partial charge < -0.3 is 14.2 Å². The Morgan fingerprint density at radius 2 is 1.94 bits per heavy atom. The van der Waals surface area contributed by atoms with Crippen molar-refractivity contribution in [3.05, 3.63) is 11.5 Å². The molecule has 1 N–H and O–H groups in total. The lowest BCUT2D eigenvalue weighted by Crippen LogP contribution is -2.51. The number of sulfonamides is 1. The average Bonchev–Trinajstić information content (AvgIpc) is 3.32. The molecule has 1 saturated heterocycles. The maximum atomic E-state index is 12.9. The van der Waals surface area contributed by atoms with Crippen LogP contribution in [0.2, 0.25) is 0 Å². The van der Waals surface area contributed by atoms with Gasteiger partial charge in [-0.3, -0.25) is 10.1 Å². The molecule has 12 nitrogen and oxygen atoms in total. The molecular weight excluding hydrogens is 468 g/mol. The normalized spacial score (nSPS) is 15.1. The Balaban J connectivity index is 1.50. The van der Waals surface area contributed by atoms with E-state index in [2.05, 4.69) is 20.7 Å². The van der Waals surface area contributed by atoms with Gasteiger partial charge in [-0.05, 0) is 20.8 Å². The highest BCUT2D eigenvalue weighted by Crippen LogP contribution is 2.27. The number of piperazine rings is 1. The molecular formula is C16H22N6O6S3. The number of amides is 2. The first kappa shape index (κ1) is 23.4. The van der Waals surface area contributed by atoms with Crippen LogP contribution in [-0.4, -0.2) is 83.5 Å². The Kier molecular flexibility index (Phi) is 7.51. The fraction of sp³-hybridized carbons (Fsp3) is 0.562. The summed E-state index contributed by atoms with van der Waals surface area (Å²) in [4.78, 5) is 25.6. The average molecular weight is 491 g/mol. The molecule has 0 bridgehead atoms. The number of aryl methyl sites for hydroxylation is 2. The second-order valence-corrected chi connectivity index (χ2v) is 10.5. The summed E-state index contributed by atoms with van der Waals surface area (Å²) in [6.45, 7) is 6.03. The largest absolute Gasteiger partial charge is 0.450 e. The maximum absolute atomic E-state index is 12.9. The Morgan fingerprint density at radius 3 is 2.55 bits per heavy atom. The smallest absolute Gasteiger partial charge is 0.413 e. The number of thioether (sulfide) groups is 1. The zero-order valence-electron chi connectivity index (χ0n) is 17.2. The summed E-state index contributed by atoms with van der Waals surface area (Å²) in [7, 11) is -3.72. The van der Waals surface area contributed by atoms with Crippen molar-refractivity contribution in [1.82, 2.24) is 24.6 Å². The van der Waals surface area contributed by atoms with Crippen LogP contribution in [0.1, 0.15) is 18.4 Å². The third kappa shape index (κ3) is 5.53. The molecule has 0 radical (unpaired) electrons. The van der Waals surface area contributed by atoms with Crippen LogP contribution in [-0.2, 0) is 19.6 Å². The maximum Gasteiger partial charge on any atom is 0.413 e. The van der Waals surface area contributed by atoms with Crippen molar-refractivity contribution in [2.24, 2.45) is 0 Å². The van der Waals surface area contributed by atoms with Gasteiger partial charge in [0.15, 0.2) is 10.1 Å². The van der Waals surface area contributed by atoms with E-state index in [1.807, 2.05) is 0 Å². The second-order valence-electron chi connectivity index (χ2n) is 6.45. The van der Waals surface area contributed by atoms with Crippen LogP contribution in [0.25, 0.3) is 0 Å².